The standard InChI is InChI=1S/C16H17NOS/c1-11-5-3-8-14-15(11)19-16(17-14)12-6-4-7-13(18-2)10-9-12/h3,6-11H,4-5H2,1-2H3. The summed E-state index contributed by atoms with van der Waals surface area (Å²) in [7, 11) is 1.70. The van der Waals surface area contributed by atoms with E-state index in [0.717, 1.165) is 29.3 Å². The molecule has 19 heavy (non-hydrogen) atoms. The molecular weight excluding hydrogens is 254 g/mol. The third-order valence-electron chi connectivity index (χ3n) is 3.46. The second kappa shape index (κ2) is 5.17. The lowest BCUT2D eigenvalue weighted by Gasteiger charge is -2.10. The van der Waals surface area contributed by atoms with E-state index < -0.39 is 0 Å². The molecule has 1 heterocycles. The van der Waals surface area contributed by atoms with Gasteiger partial charge in [-0.1, -0.05) is 19.1 Å². The average molecular weight is 271 g/mol. The normalized spacial score (nSPS) is 21.5. The van der Waals surface area contributed by atoms with Crippen molar-refractivity contribution in [1.82, 2.24) is 4.98 Å². The maximum absolute atomic E-state index is 5.27. The fraction of sp³-hybridized carbons (Fsp3) is 0.312. The lowest BCUT2D eigenvalue weighted by molar-refractivity contribution is 0.306. The SMILES string of the molecule is COC1=CCC=C(c2nc3c(s2)C(C)CC=C3)C=C1. The van der Waals surface area contributed by atoms with Crippen LogP contribution < -0.4 is 0 Å². The zero-order valence-corrected chi connectivity index (χ0v) is 12.0. The Morgan fingerprint density at radius 3 is 2.95 bits per heavy atom. The monoisotopic (exact) mass is 271 g/mol. The van der Waals surface area contributed by atoms with Crippen LogP contribution in [0.2, 0.25) is 0 Å². The summed E-state index contributed by atoms with van der Waals surface area (Å²) in [6.07, 6.45) is 14.8. The highest BCUT2D eigenvalue weighted by atomic mass is 32.1. The van der Waals surface area contributed by atoms with Crippen LogP contribution in [0, 0.1) is 0 Å². The molecule has 0 saturated heterocycles. The molecule has 2 aliphatic carbocycles. The van der Waals surface area contributed by atoms with Crippen molar-refractivity contribution in [2.45, 2.75) is 25.7 Å². The first kappa shape index (κ1) is 12.4. The van der Waals surface area contributed by atoms with Crippen LogP contribution >= 0.6 is 11.3 Å². The molecular formula is C16H17NOS. The predicted octanol–water partition coefficient (Wildman–Crippen LogP) is 4.54. The largest absolute Gasteiger partial charge is 0.497 e. The number of fused-ring (bicyclic) bond motifs is 1. The van der Waals surface area contributed by atoms with Crippen molar-refractivity contribution in [2.24, 2.45) is 0 Å². The number of rotatable bonds is 2. The molecule has 0 bridgehead atoms. The van der Waals surface area contributed by atoms with Gasteiger partial charge in [-0.3, -0.25) is 0 Å². The number of aromatic nitrogens is 1. The van der Waals surface area contributed by atoms with E-state index >= 15 is 0 Å². The zero-order valence-electron chi connectivity index (χ0n) is 11.2. The van der Waals surface area contributed by atoms with Gasteiger partial charge in [-0.05, 0) is 43.1 Å². The van der Waals surface area contributed by atoms with E-state index in [0.29, 0.717) is 5.92 Å². The van der Waals surface area contributed by atoms with Crippen LogP contribution in [0.1, 0.15) is 41.3 Å². The zero-order chi connectivity index (χ0) is 13.2. The summed E-state index contributed by atoms with van der Waals surface area (Å²) in [5.41, 5.74) is 2.35. The summed E-state index contributed by atoms with van der Waals surface area (Å²) in [5.74, 6) is 1.51. The van der Waals surface area contributed by atoms with Gasteiger partial charge < -0.3 is 4.74 Å². The Morgan fingerprint density at radius 2 is 2.16 bits per heavy atom. The molecule has 3 heteroatoms. The summed E-state index contributed by atoms with van der Waals surface area (Å²) in [6.45, 7) is 2.27. The lowest BCUT2D eigenvalue weighted by atomic mass is 9.99. The van der Waals surface area contributed by atoms with Crippen molar-refractivity contribution in [2.75, 3.05) is 7.11 Å². The minimum absolute atomic E-state index is 0.592. The topological polar surface area (TPSA) is 22.1 Å². The molecule has 1 aromatic heterocycles. The number of methoxy groups -OCH3 is 1. The van der Waals surface area contributed by atoms with Gasteiger partial charge in [-0.15, -0.1) is 11.3 Å². The van der Waals surface area contributed by atoms with E-state index in [1.807, 2.05) is 17.4 Å². The molecule has 3 rings (SSSR count). The second-order valence-corrected chi connectivity index (χ2v) is 5.88. The molecule has 0 aromatic carbocycles. The molecule has 1 aromatic rings. The van der Waals surface area contributed by atoms with Crippen LogP contribution in [-0.4, -0.2) is 12.1 Å². The number of ether oxygens (including phenoxy) is 1. The first-order valence-electron chi connectivity index (χ1n) is 6.58. The second-order valence-electron chi connectivity index (χ2n) is 4.85. The molecule has 0 amide bonds. The number of allylic oxidation sites excluding steroid dienone is 6. The van der Waals surface area contributed by atoms with Gasteiger partial charge in [0.05, 0.1) is 12.8 Å². The smallest absolute Gasteiger partial charge is 0.123 e. The van der Waals surface area contributed by atoms with Crippen LogP contribution in [0.5, 0.6) is 0 Å². The number of nitrogens with zero attached hydrogens (tertiary/aromatic N) is 1. The average Bonchev–Trinajstić information content (AvgIpc) is 2.71. The Labute approximate surface area is 117 Å². The Kier molecular flexibility index (Phi) is 3.38. The number of hydrogen-bond donors (Lipinski definition) is 0. The quantitative estimate of drug-likeness (QED) is 0.788. The van der Waals surface area contributed by atoms with Crippen molar-refractivity contribution < 1.29 is 4.74 Å². The Morgan fingerprint density at radius 1 is 1.26 bits per heavy atom. The van der Waals surface area contributed by atoms with Gasteiger partial charge in [0.1, 0.15) is 10.8 Å². The summed E-state index contributed by atoms with van der Waals surface area (Å²) >= 11 is 1.82. The molecule has 2 aliphatic rings. The molecule has 0 fully saturated rings. The first-order valence-corrected chi connectivity index (χ1v) is 7.39. The van der Waals surface area contributed by atoms with E-state index in [1.165, 1.54) is 10.5 Å². The number of hydrogen-bond acceptors (Lipinski definition) is 3. The molecule has 98 valence electrons. The van der Waals surface area contributed by atoms with Crippen molar-refractivity contribution in [3.8, 4) is 0 Å². The minimum Gasteiger partial charge on any atom is -0.497 e. The first-order chi connectivity index (χ1) is 9.28. The maximum atomic E-state index is 5.27. The fourth-order valence-electron chi connectivity index (χ4n) is 2.35. The van der Waals surface area contributed by atoms with Crippen LogP contribution in [0.4, 0.5) is 0 Å². The molecule has 0 aliphatic heterocycles. The maximum Gasteiger partial charge on any atom is 0.123 e. The van der Waals surface area contributed by atoms with E-state index in [2.05, 4.69) is 37.3 Å². The highest BCUT2D eigenvalue weighted by Crippen LogP contribution is 2.36. The van der Waals surface area contributed by atoms with Crippen LogP contribution in [0.25, 0.3) is 11.6 Å². The molecule has 0 spiro atoms. The molecule has 1 atom stereocenters. The highest BCUT2D eigenvalue weighted by molar-refractivity contribution is 7.13. The van der Waals surface area contributed by atoms with Crippen molar-refractivity contribution >= 4 is 23.0 Å². The van der Waals surface area contributed by atoms with Crippen LogP contribution in [-0.2, 0) is 4.74 Å². The molecule has 0 N–H and O–H groups in total. The van der Waals surface area contributed by atoms with Crippen molar-refractivity contribution in [3.05, 3.63) is 51.7 Å². The van der Waals surface area contributed by atoms with Gasteiger partial charge in [-0.25, -0.2) is 4.98 Å². The van der Waals surface area contributed by atoms with E-state index in [-0.39, 0.29) is 0 Å². The molecule has 1 unspecified atom stereocenters. The summed E-state index contributed by atoms with van der Waals surface area (Å²) in [6, 6.07) is 0. The van der Waals surface area contributed by atoms with E-state index in [9.17, 15) is 0 Å². The Balaban J connectivity index is 1.92. The summed E-state index contributed by atoms with van der Waals surface area (Å²) < 4.78 is 5.27. The minimum atomic E-state index is 0.592. The fourth-order valence-corrected chi connectivity index (χ4v) is 3.49. The van der Waals surface area contributed by atoms with Gasteiger partial charge in [0.15, 0.2) is 0 Å². The van der Waals surface area contributed by atoms with E-state index in [4.69, 9.17) is 9.72 Å². The highest BCUT2D eigenvalue weighted by Gasteiger charge is 2.19. The van der Waals surface area contributed by atoms with Crippen LogP contribution in [0.3, 0.4) is 0 Å². The van der Waals surface area contributed by atoms with Gasteiger partial charge in [0.2, 0.25) is 0 Å². The van der Waals surface area contributed by atoms with Crippen molar-refractivity contribution in [1.29, 1.82) is 0 Å². The van der Waals surface area contributed by atoms with Gasteiger partial charge in [-0.2, -0.15) is 0 Å². The van der Waals surface area contributed by atoms with E-state index in [1.54, 1.807) is 7.11 Å². The third kappa shape index (κ3) is 2.43. The predicted molar refractivity (Wildman–Crippen MR) is 81.0 cm³/mol. The summed E-state index contributed by atoms with van der Waals surface area (Å²) in [4.78, 5) is 6.18. The Hall–Kier alpha value is -1.61. The summed E-state index contributed by atoms with van der Waals surface area (Å²) in [5, 5.41) is 1.12. The lowest BCUT2D eigenvalue weighted by Crippen LogP contribution is -1.95. The molecule has 0 saturated carbocycles. The third-order valence-corrected chi connectivity index (χ3v) is 4.81. The van der Waals surface area contributed by atoms with Gasteiger partial charge >= 0.3 is 0 Å². The molecule has 2 nitrogen and oxygen atoms in total. The Bertz CT molecular complexity index is 604. The van der Waals surface area contributed by atoms with Crippen LogP contribution in [0.15, 0.2) is 36.1 Å². The number of thiazole rings is 1. The van der Waals surface area contributed by atoms with Gasteiger partial charge in [0.25, 0.3) is 0 Å². The molecule has 0 radical (unpaired) electrons. The van der Waals surface area contributed by atoms with Gasteiger partial charge in [0, 0.05) is 10.5 Å². The van der Waals surface area contributed by atoms with Crippen molar-refractivity contribution in [3.63, 3.8) is 0 Å².